The molecule has 5 rings (SSSR count). The van der Waals surface area contributed by atoms with Crippen molar-refractivity contribution < 1.29 is 19.5 Å². The number of amides is 3. The fraction of sp³-hybridized carbons (Fsp3) is 0.286. The molecule has 10 heteroatoms. The second-order valence-electron chi connectivity index (χ2n) is 9.49. The van der Waals surface area contributed by atoms with Gasteiger partial charge in [-0.1, -0.05) is 30.3 Å². The maximum atomic E-state index is 12.9. The number of nitrogens with one attached hydrogen (secondary N) is 1. The first-order valence-corrected chi connectivity index (χ1v) is 12.6. The summed E-state index contributed by atoms with van der Waals surface area (Å²) in [6.07, 6.45) is -0.959. The van der Waals surface area contributed by atoms with Crippen LogP contribution in [-0.4, -0.2) is 77.1 Å². The molecule has 0 radical (unpaired) electrons. The summed E-state index contributed by atoms with van der Waals surface area (Å²) in [7, 11) is 1.77. The zero-order chi connectivity index (χ0) is 26.8. The van der Waals surface area contributed by atoms with E-state index in [1.165, 1.54) is 4.90 Å². The van der Waals surface area contributed by atoms with Crippen LogP contribution in [0.4, 0.5) is 27.8 Å². The van der Waals surface area contributed by atoms with Crippen LogP contribution in [-0.2, 0) is 11.3 Å². The van der Waals surface area contributed by atoms with Crippen molar-refractivity contribution in [1.29, 1.82) is 0 Å². The lowest BCUT2D eigenvalue weighted by Crippen LogP contribution is -2.50. The molecule has 1 saturated heterocycles. The van der Waals surface area contributed by atoms with Crippen molar-refractivity contribution in [2.45, 2.75) is 19.5 Å². The number of nitrogens with zero attached hydrogens (tertiary/aromatic N) is 5. The smallest absolute Gasteiger partial charge is 0.407 e. The van der Waals surface area contributed by atoms with Gasteiger partial charge in [-0.15, -0.1) is 0 Å². The minimum Gasteiger partial charge on any atom is -0.465 e. The van der Waals surface area contributed by atoms with E-state index in [-0.39, 0.29) is 17.9 Å². The van der Waals surface area contributed by atoms with Crippen LogP contribution in [0.2, 0.25) is 0 Å². The molecule has 38 heavy (non-hydrogen) atoms. The van der Waals surface area contributed by atoms with Gasteiger partial charge in [0.05, 0.1) is 5.69 Å². The maximum Gasteiger partial charge on any atom is 0.407 e. The number of pyridine rings is 1. The summed E-state index contributed by atoms with van der Waals surface area (Å²) in [6, 6.07) is 20.5. The second-order valence-corrected chi connectivity index (χ2v) is 9.49. The van der Waals surface area contributed by atoms with Gasteiger partial charge in [0.25, 0.3) is 5.91 Å². The lowest BCUT2D eigenvalue weighted by Gasteiger charge is -2.39. The fourth-order valence-electron chi connectivity index (χ4n) is 4.82. The predicted molar refractivity (Wildman–Crippen MR) is 145 cm³/mol. The third-order valence-corrected chi connectivity index (χ3v) is 7.08. The molecule has 2 aliphatic heterocycles. The van der Waals surface area contributed by atoms with E-state index in [1.54, 1.807) is 29.0 Å². The van der Waals surface area contributed by atoms with Gasteiger partial charge in [0, 0.05) is 51.0 Å². The van der Waals surface area contributed by atoms with Gasteiger partial charge >= 0.3 is 6.09 Å². The Kier molecular flexibility index (Phi) is 6.87. The molecule has 1 fully saturated rings. The minimum absolute atomic E-state index is 0.0144. The third kappa shape index (κ3) is 4.97. The molecule has 1 atom stereocenters. The van der Waals surface area contributed by atoms with E-state index in [4.69, 9.17) is 10.1 Å². The zero-order valence-corrected chi connectivity index (χ0v) is 21.4. The van der Waals surface area contributed by atoms with E-state index in [0.29, 0.717) is 44.1 Å². The van der Waals surface area contributed by atoms with Gasteiger partial charge in [0.1, 0.15) is 11.9 Å². The van der Waals surface area contributed by atoms with Gasteiger partial charge in [-0.3, -0.25) is 9.59 Å². The monoisotopic (exact) mass is 514 g/mol. The first kappa shape index (κ1) is 25.1. The number of likely N-dealkylation sites (N-methyl/N-ethyl adjacent to an activating group) is 1. The molecule has 3 heterocycles. The minimum atomic E-state index is -0.959. The molecule has 0 saturated carbocycles. The molecule has 0 unspecified atom stereocenters. The highest BCUT2D eigenvalue weighted by atomic mass is 16.4. The summed E-state index contributed by atoms with van der Waals surface area (Å²) in [5, 5.41) is 12.4. The Morgan fingerprint density at radius 1 is 0.947 bits per heavy atom. The molecule has 3 aromatic rings. The first-order chi connectivity index (χ1) is 18.3. The van der Waals surface area contributed by atoms with Crippen molar-refractivity contribution in [3.8, 4) is 0 Å². The summed E-state index contributed by atoms with van der Waals surface area (Å²) in [6.45, 7) is 3.82. The number of hydrogen-bond donors (Lipinski definition) is 2. The number of carbonyl (C=O) groups excluding carboxylic acids is 2. The van der Waals surface area contributed by atoms with E-state index in [1.807, 2.05) is 66.4 Å². The molecule has 10 nitrogen and oxygen atoms in total. The Balaban J connectivity index is 1.32. The SMILES string of the molecule is C[C@@H]1C(=O)N(C)c2ccc(Nc3ccc(C(=O)N4CCN(C(=O)O)CC4)cc3)nc2N1Cc1ccccc1. The largest absolute Gasteiger partial charge is 0.465 e. The predicted octanol–water partition coefficient (Wildman–Crippen LogP) is 3.63. The number of anilines is 4. The summed E-state index contributed by atoms with van der Waals surface area (Å²) in [5.41, 5.74) is 3.15. The average molecular weight is 515 g/mol. The Bertz CT molecular complexity index is 1340. The van der Waals surface area contributed by atoms with E-state index in [9.17, 15) is 14.4 Å². The molecule has 0 bridgehead atoms. The van der Waals surface area contributed by atoms with Crippen LogP contribution in [0.15, 0.2) is 66.7 Å². The molecule has 0 aliphatic carbocycles. The Labute approximate surface area is 221 Å². The van der Waals surface area contributed by atoms with E-state index >= 15 is 0 Å². The number of benzene rings is 2. The van der Waals surface area contributed by atoms with E-state index < -0.39 is 6.09 Å². The number of rotatable bonds is 5. The standard InChI is InChI=1S/C28H30N6O4/c1-19-26(35)31(2)23-12-13-24(30-25(23)34(19)18-20-6-4-3-5-7-20)29-22-10-8-21(9-11-22)27(36)32-14-16-33(17-15-32)28(37)38/h3-13,19H,14-18H2,1-2H3,(H,29,30)(H,37,38)/t19-/m1/s1. The number of aromatic nitrogens is 1. The van der Waals surface area contributed by atoms with Crippen molar-refractivity contribution in [3.63, 3.8) is 0 Å². The fourth-order valence-corrected chi connectivity index (χ4v) is 4.82. The van der Waals surface area contributed by atoms with Gasteiger partial charge < -0.3 is 30.0 Å². The van der Waals surface area contributed by atoms with Crippen LogP contribution in [0.1, 0.15) is 22.8 Å². The van der Waals surface area contributed by atoms with Crippen molar-refractivity contribution in [1.82, 2.24) is 14.8 Å². The zero-order valence-electron chi connectivity index (χ0n) is 21.4. The summed E-state index contributed by atoms with van der Waals surface area (Å²) >= 11 is 0. The normalized spacial score (nSPS) is 17.3. The second kappa shape index (κ2) is 10.4. The average Bonchev–Trinajstić information content (AvgIpc) is 2.95. The van der Waals surface area contributed by atoms with Crippen LogP contribution in [0.5, 0.6) is 0 Å². The number of carbonyl (C=O) groups is 3. The van der Waals surface area contributed by atoms with E-state index in [2.05, 4.69) is 5.32 Å². The molecule has 2 N–H and O–H groups in total. The van der Waals surface area contributed by atoms with Crippen LogP contribution < -0.4 is 15.1 Å². The van der Waals surface area contributed by atoms with Crippen LogP contribution in [0, 0.1) is 0 Å². The van der Waals surface area contributed by atoms with Crippen molar-refractivity contribution in [2.24, 2.45) is 0 Å². The highest BCUT2D eigenvalue weighted by molar-refractivity contribution is 6.04. The third-order valence-electron chi connectivity index (χ3n) is 7.08. The molecule has 2 aromatic carbocycles. The molecule has 196 valence electrons. The van der Waals surface area contributed by atoms with Gasteiger partial charge in [0.15, 0.2) is 5.82 Å². The highest BCUT2D eigenvalue weighted by Crippen LogP contribution is 2.36. The lowest BCUT2D eigenvalue weighted by atomic mass is 10.1. The van der Waals surface area contributed by atoms with Crippen LogP contribution in [0.25, 0.3) is 0 Å². The van der Waals surface area contributed by atoms with Crippen molar-refractivity contribution in [2.75, 3.05) is 48.3 Å². The van der Waals surface area contributed by atoms with Crippen molar-refractivity contribution >= 4 is 40.9 Å². The van der Waals surface area contributed by atoms with E-state index in [0.717, 1.165) is 22.8 Å². The summed E-state index contributed by atoms with van der Waals surface area (Å²) in [5.74, 6) is 1.24. The Morgan fingerprint density at radius 3 is 2.26 bits per heavy atom. The number of carboxylic acid groups (broad SMARTS) is 1. The Hall–Kier alpha value is -4.60. The lowest BCUT2D eigenvalue weighted by molar-refractivity contribution is -0.119. The first-order valence-electron chi connectivity index (χ1n) is 12.6. The topological polar surface area (TPSA) is 109 Å². The van der Waals surface area contributed by atoms with Gasteiger partial charge in [0.2, 0.25) is 5.91 Å². The maximum absolute atomic E-state index is 12.9. The van der Waals surface area contributed by atoms with Gasteiger partial charge in [-0.05, 0) is 48.9 Å². The van der Waals surface area contributed by atoms with Crippen LogP contribution >= 0.6 is 0 Å². The summed E-state index contributed by atoms with van der Waals surface area (Å²) in [4.78, 5) is 48.4. The number of piperazine rings is 1. The molecular formula is C28H30N6O4. The number of hydrogen-bond acceptors (Lipinski definition) is 6. The highest BCUT2D eigenvalue weighted by Gasteiger charge is 2.35. The number of fused-ring (bicyclic) bond motifs is 1. The van der Waals surface area contributed by atoms with Gasteiger partial charge in [-0.25, -0.2) is 9.78 Å². The van der Waals surface area contributed by atoms with Gasteiger partial charge in [-0.2, -0.15) is 0 Å². The molecule has 1 aromatic heterocycles. The molecule has 2 aliphatic rings. The molecule has 3 amide bonds. The van der Waals surface area contributed by atoms with Crippen LogP contribution in [0.3, 0.4) is 0 Å². The quantitative estimate of drug-likeness (QED) is 0.535. The Morgan fingerprint density at radius 2 is 1.61 bits per heavy atom. The summed E-state index contributed by atoms with van der Waals surface area (Å²) < 4.78 is 0. The van der Waals surface area contributed by atoms with Crippen molar-refractivity contribution in [3.05, 3.63) is 77.9 Å². The molecule has 0 spiro atoms. The molecular weight excluding hydrogens is 484 g/mol.